The normalized spacial score (nSPS) is 11.4. The number of amides is 1. The summed E-state index contributed by atoms with van der Waals surface area (Å²) in [6, 6.07) is 5.17. The summed E-state index contributed by atoms with van der Waals surface area (Å²) < 4.78 is 63.5. The van der Waals surface area contributed by atoms with Crippen molar-refractivity contribution in [2.24, 2.45) is 0 Å². The number of rotatable bonds is 9. The van der Waals surface area contributed by atoms with E-state index >= 15 is 0 Å². The average Bonchev–Trinajstić information content (AvgIpc) is 3.47. The zero-order valence-corrected chi connectivity index (χ0v) is 24.9. The summed E-state index contributed by atoms with van der Waals surface area (Å²) in [5.74, 6) is -2.02. The molecule has 4 rings (SSSR count). The van der Waals surface area contributed by atoms with E-state index in [1.54, 1.807) is 13.8 Å². The molecule has 0 aliphatic rings. The Hall–Kier alpha value is -4.37. The number of nitrogens with one attached hydrogen (secondary N) is 1. The van der Waals surface area contributed by atoms with Gasteiger partial charge in [0.2, 0.25) is 0 Å². The number of halogens is 4. The standard InChI is InChI=1S/C27H24ClF3N4O7S/c1-6-41-25(37)18-12(3)21(26(38)42-7-2)43-24(18)33-23(36)20-19(28)22-32-14(11-17(27(29,30)31)35(22)34-20)13-8-9-15(39-4)16(10-13)40-5/h8-11H,6-7H2,1-5H3,(H,33,36). The Morgan fingerprint density at radius 3 is 2.28 bits per heavy atom. The van der Waals surface area contributed by atoms with Crippen LogP contribution in [0.4, 0.5) is 18.2 Å². The number of methoxy groups -OCH3 is 2. The van der Waals surface area contributed by atoms with Crippen LogP contribution in [0, 0.1) is 6.92 Å². The first-order valence-corrected chi connectivity index (χ1v) is 13.7. The van der Waals surface area contributed by atoms with Gasteiger partial charge in [-0.05, 0) is 50.6 Å². The molecule has 0 saturated heterocycles. The fourth-order valence-corrected chi connectivity index (χ4v) is 5.42. The highest BCUT2D eigenvalue weighted by atomic mass is 35.5. The van der Waals surface area contributed by atoms with E-state index in [1.165, 1.54) is 39.3 Å². The molecule has 0 atom stereocenters. The van der Waals surface area contributed by atoms with E-state index < -0.39 is 46.1 Å². The number of carbonyl (C=O) groups excluding carboxylic acids is 3. The number of aromatic nitrogens is 3. The van der Waals surface area contributed by atoms with Crippen molar-refractivity contribution < 1.29 is 46.5 Å². The van der Waals surface area contributed by atoms with Gasteiger partial charge in [0, 0.05) is 5.56 Å². The first-order valence-electron chi connectivity index (χ1n) is 12.5. The summed E-state index contributed by atoms with van der Waals surface area (Å²) >= 11 is 7.14. The lowest BCUT2D eigenvalue weighted by Gasteiger charge is -2.12. The zero-order valence-electron chi connectivity index (χ0n) is 23.3. The number of anilines is 1. The summed E-state index contributed by atoms with van der Waals surface area (Å²) in [6.07, 6.45) is -4.92. The van der Waals surface area contributed by atoms with E-state index in [9.17, 15) is 27.6 Å². The molecular formula is C27H24ClF3N4O7S. The Morgan fingerprint density at radius 1 is 1.02 bits per heavy atom. The van der Waals surface area contributed by atoms with Gasteiger partial charge in [-0.2, -0.15) is 18.3 Å². The van der Waals surface area contributed by atoms with Gasteiger partial charge >= 0.3 is 18.1 Å². The van der Waals surface area contributed by atoms with Crippen molar-refractivity contribution in [1.82, 2.24) is 14.6 Å². The van der Waals surface area contributed by atoms with Gasteiger partial charge in [0.25, 0.3) is 5.91 Å². The Labute approximate surface area is 251 Å². The number of hydrogen-bond acceptors (Lipinski definition) is 10. The highest BCUT2D eigenvalue weighted by Gasteiger charge is 2.37. The first kappa shape index (κ1) is 31.6. The van der Waals surface area contributed by atoms with E-state index in [0.29, 0.717) is 10.3 Å². The third-order valence-electron chi connectivity index (χ3n) is 6.03. The molecule has 3 aromatic heterocycles. The molecular weight excluding hydrogens is 617 g/mol. The number of hydrogen-bond donors (Lipinski definition) is 1. The van der Waals surface area contributed by atoms with Gasteiger partial charge in [-0.1, -0.05) is 11.6 Å². The second-order valence-corrected chi connectivity index (χ2v) is 10.0. The van der Waals surface area contributed by atoms with Crippen LogP contribution in [0.25, 0.3) is 16.9 Å². The van der Waals surface area contributed by atoms with Crippen LogP contribution in [-0.4, -0.2) is 59.9 Å². The molecule has 0 aliphatic heterocycles. The molecule has 3 heterocycles. The van der Waals surface area contributed by atoms with Crippen molar-refractivity contribution in [3.63, 3.8) is 0 Å². The van der Waals surface area contributed by atoms with Crippen molar-refractivity contribution in [3.8, 4) is 22.8 Å². The molecule has 1 amide bonds. The maximum absolute atomic E-state index is 14.2. The largest absolute Gasteiger partial charge is 0.493 e. The molecule has 0 bridgehead atoms. The van der Waals surface area contributed by atoms with Crippen LogP contribution in [0.5, 0.6) is 11.5 Å². The van der Waals surface area contributed by atoms with Crippen molar-refractivity contribution in [3.05, 3.63) is 56.7 Å². The molecule has 4 aromatic rings. The van der Waals surface area contributed by atoms with Crippen molar-refractivity contribution >= 4 is 51.4 Å². The molecule has 11 nitrogen and oxygen atoms in total. The predicted molar refractivity (Wildman–Crippen MR) is 150 cm³/mol. The number of nitrogens with zero attached hydrogens (tertiary/aromatic N) is 3. The van der Waals surface area contributed by atoms with Crippen molar-refractivity contribution in [2.45, 2.75) is 26.9 Å². The lowest BCUT2D eigenvalue weighted by atomic mass is 10.1. The summed E-state index contributed by atoms with van der Waals surface area (Å²) in [7, 11) is 2.78. The van der Waals surface area contributed by atoms with Crippen LogP contribution < -0.4 is 14.8 Å². The van der Waals surface area contributed by atoms with Crippen LogP contribution in [0.1, 0.15) is 55.6 Å². The second-order valence-electron chi connectivity index (χ2n) is 8.65. The van der Waals surface area contributed by atoms with E-state index in [0.717, 1.165) is 17.4 Å². The number of carbonyl (C=O) groups is 3. The maximum Gasteiger partial charge on any atom is 0.433 e. The van der Waals surface area contributed by atoms with Crippen molar-refractivity contribution in [1.29, 1.82) is 0 Å². The third-order valence-corrected chi connectivity index (χ3v) is 7.57. The van der Waals surface area contributed by atoms with E-state index in [4.69, 9.17) is 30.5 Å². The Balaban J connectivity index is 1.83. The Morgan fingerprint density at radius 2 is 1.67 bits per heavy atom. The molecule has 16 heteroatoms. The van der Waals surface area contributed by atoms with Gasteiger partial charge in [0.1, 0.15) is 14.9 Å². The Kier molecular flexibility index (Phi) is 9.15. The highest BCUT2D eigenvalue weighted by Crippen LogP contribution is 2.38. The Bertz CT molecular complexity index is 1740. The molecule has 0 fully saturated rings. The molecule has 1 aromatic carbocycles. The van der Waals surface area contributed by atoms with Crippen LogP contribution in [0.2, 0.25) is 5.02 Å². The predicted octanol–water partition coefficient (Wildman–Crippen LogP) is 6.06. The van der Waals surface area contributed by atoms with Crippen LogP contribution in [0.15, 0.2) is 24.3 Å². The molecule has 0 saturated carbocycles. The summed E-state index contributed by atoms with van der Waals surface area (Å²) in [5, 5.41) is 5.66. The van der Waals surface area contributed by atoms with E-state index in [1.807, 2.05) is 0 Å². The number of ether oxygens (including phenoxy) is 4. The first-order chi connectivity index (χ1) is 20.4. The molecule has 43 heavy (non-hydrogen) atoms. The van der Waals surface area contributed by atoms with Crippen molar-refractivity contribution in [2.75, 3.05) is 32.8 Å². The van der Waals surface area contributed by atoms with Gasteiger partial charge < -0.3 is 24.3 Å². The summed E-state index contributed by atoms with van der Waals surface area (Å²) in [4.78, 5) is 42.8. The monoisotopic (exact) mass is 640 g/mol. The minimum atomic E-state index is -4.92. The lowest BCUT2D eigenvalue weighted by Crippen LogP contribution is -2.17. The molecule has 0 unspecified atom stereocenters. The molecule has 228 valence electrons. The topological polar surface area (TPSA) is 130 Å². The van der Waals surface area contributed by atoms with E-state index in [-0.39, 0.29) is 51.2 Å². The van der Waals surface area contributed by atoms with Gasteiger partial charge in [0.15, 0.2) is 28.5 Å². The van der Waals surface area contributed by atoms with Crippen LogP contribution >= 0.6 is 22.9 Å². The minimum Gasteiger partial charge on any atom is -0.493 e. The highest BCUT2D eigenvalue weighted by molar-refractivity contribution is 7.18. The van der Waals surface area contributed by atoms with E-state index in [2.05, 4.69) is 15.4 Å². The van der Waals surface area contributed by atoms with Crippen LogP contribution in [0.3, 0.4) is 0 Å². The number of alkyl halides is 3. The fraction of sp³-hybridized carbons (Fsp3) is 0.296. The average molecular weight is 641 g/mol. The summed E-state index contributed by atoms with van der Waals surface area (Å²) in [6.45, 7) is 4.70. The minimum absolute atomic E-state index is 0.00278. The fourth-order valence-electron chi connectivity index (χ4n) is 4.09. The molecule has 1 N–H and O–H groups in total. The van der Waals surface area contributed by atoms with Crippen LogP contribution in [-0.2, 0) is 15.7 Å². The quantitative estimate of drug-likeness (QED) is 0.217. The molecule has 0 spiro atoms. The van der Waals surface area contributed by atoms with Gasteiger partial charge in [-0.3, -0.25) is 4.79 Å². The number of esters is 2. The van der Waals surface area contributed by atoms with Gasteiger partial charge in [-0.15, -0.1) is 11.3 Å². The number of thiophene rings is 1. The lowest BCUT2D eigenvalue weighted by molar-refractivity contribution is -0.142. The third kappa shape index (κ3) is 6.08. The SMILES string of the molecule is CCOC(=O)c1sc(NC(=O)c2nn3c(C(F)(F)F)cc(-c4ccc(OC)c(OC)c4)nc3c2Cl)c(C(=O)OCC)c1C. The smallest absolute Gasteiger partial charge is 0.433 e. The second kappa shape index (κ2) is 12.5. The zero-order chi connectivity index (χ0) is 31.6. The summed E-state index contributed by atoms with van der Waals surface area (Å²) in [5.41, 5.74) is -2.13. The maximum atomic E-state index is 14.2. The van der Waals surface area contributed by atoms with Gasteiger partial charge in [-0.25, -0.2) is 19.1 Å². The number of fused-ring (bicyclic) bond motifs is 1. The number of benzene rings is 1. The van der Waals surface area contributed by atoms with Gasteiger partial charge in [0.05, 0.1) is 38.7 Å². The molecule has 0 aliphatic carbocycles. The molecule has 0 radical (unpaired) electrons.